The number of amides is 5. The highest BCUT2D eigenvalue weighted by molar-refractivity contribution is 5.81. The van der Waals surface area contributed by atoms with E-state index in [9.17, 15) is 31.9 Å². The van der Waals surface area contributed by atoms with Gasteiger partial charge in [-0.15, -0.1) is 13.2 Å². The van der Waals surface area contributed by atoms with Crippen molar-refractivity contribution in [1.29, 1.82) is 0 Å². The van der Waals surface area contributed by atoms with Crippen molar-refractivity contribution in [3.63, 3.8) is 0 Å². The van der Waals surface area contributed by atoms with Crippen LogP contribution in [0.2, 0.25) is 0 Å². The van der Waals surface area contributed by atoms with Crippen LogP contribution < -0.4 is 20.7 Å². The zero-order chi connectivity index (χ0) is 26.3. The number of alkyl halides is 3. The first-order valence-corrected chi connectivity index (χ1v) is 11.8. The number of hydrogen-bond donors (Lipinski definition) is 3. The lowest BCUT2D eigenvalue weighted by atomic mass is 9.72. The molecule has 198 valence electrons. The zero-order valence-electron chi connectivity index (χ0n) is 20.0. The summed E-state index contributed by atoms with van der Waals surface area (Å²) < 4.78 is 55.2. The van der Waals surface area contributed by atoms with Crippen LogP contribution in [0.15, 0.2) is 18.2 Å². The average molecular weight is 516 g/mol. The van der Waals surface area contributed by atoms with Gasteiger partial charge in [-0.3, -0.25) is 4.79 Å². The van der Waals surface area contributed by atoms with E-state index in [0.29, 0.717) is 19.0 Å². The molecule has 2 aliphatic heterocycles. The molecule has 1 aromatic rings. The summed E-state index contributed by atoms with van der Waals surface area (Å²) >= 11 is 0. The van der Waals surface area contributed by atoms with Crippen LogP contribution in [0, 0.1) is 11.2 Å². The van der Waals surface area contributed by atoms with E-state index < -0.39 is 29.4 Å². The third-order valence-electron chi connectivity index (χ3n) is 7.15. The number of nitrogens with one attached hydrogen (secondary N) is 3. The molecule has 1 aromatic carbocycles. The van der Waals surface area contributed by atoms with E-state index in [-0.39, 0.29) is 55.1 Å². The Bertz CT molecular complexity index is 1030. The van der Waals surface area contributed by atoms with Crippen LogP contribution in [-0.4, -0.2) is 72.4 Å². The highest BCUT2D eigenvalue weighted by Crippen LogP contribution is 2.43. The predicted molar refractivity (Wildman–Crippen MR) is 119 cm³/mol. The number of urea groups is 2. The van der Waals surface area contributed by atoms with Gasteiger partial charge in [0.05, 0.1) is 6.04 Å². The molecule has 13 heteroatoms. The number of carbonyl (C=O) groups excluding carboxylic acids is 3. The topological polar surface area (TPSA) is 103 Å². The van der Waals surface area contributed by atoms with Crippen LogP contribution >= 0.6 is 0 Å². The molecule has 5 amide bonds. The van der Waals surface area contributed by atoms with Crippen LogP contribution in [0.25, 0.3) is 0 Å². The Hall–Kier alpha value is -3.25. The molecule has 0 aromatic heterocycles. The van der Waals surface area contributed by atoms with Crippen molar-refractivity contribution in [1.82, 2.24) is 25.8 Å². The minimum Gasteiger partial charge on any atom is -0.406 e. The molecule has 3 N–H and O–H groups in total. The fraction of sp³-hybridized carbons (Fsp3) is 0.609. The summed E-state index contributed by atoms with van der Waals surface area (Å²) in [4.78, 5) is 41.3. The maximum Gasteiger partial charge on any atom is 0.573 e. The molecule has 1 spiro atoms. The van der Waals surface area contributed by atoms with E-state index in [4.69, 9.17) is 0 Å². The van der Waals surface area contributed by atoms with E-state index in [1.165, 1.54) is 7.05 Å². The molecule has 1 aliphatic carbocycles. The number of benzene rings is 1. The predicted octanol–water partition coefficient (Wildman–Crippen LogP) is 2.71. The lowest BCUT2D eigenvalue weighted by Gasteiger charge is -2.48. The first-order chi connectivity index (χ1) is 16.9. The number of hydrogen-bond acceptors (Lipinski definition) is 4. The minimum atomic E-state index is -4.94. The second kappa shape index (κ2) is 9.66. The van der Waals surface area contributed by atoms with Gasteiger partial charge >= 0.3 is 18.4 Å². The molecule has 0 bridgehead atoms. The van der Waals surface area contributed by atoms with E-state index >= 15 is 0 Å². The summed E-state index contributed by atoms with van der Waals surface area (Å²) in [6.45, 7) is 2.31. The fourth-order valence-corrected chi connectivity index (χ4v) is 5.27. The van der Waals surface area contributed by atoms with Gasteiger partial charge in [0.2, 0.25) is 5.91 Å². The standard InChI is InChI=1S/C23H29F4N5O4/c1-13-22(9-19(33)30-13)8-16(11-31(12-22)20(34)28-2)32(15-4-5-15)21(35)29-10-14-3-6-17(7-18(14)24)36-23(25,26)27/h3,6-7,13,15-16H,4-5,8-12H2,1-2H3,(H,28,34)(H,29,35)(H,30,33)/t13?,16-,22?/m1/s1. The van der Waals surface area contributed by atoms with E-state index in [2.05, 4.69) is 20.7 Å². The SMILES string of the molecule is CNC(=O)N1C[C@H](N(C(=O)NCc2ccc(OC(F)(F)F)cc2F)C2CC2)CC2(CC(=O)NC2C)C1. The first kappa shape index (κ1) is 25.8. The number of halogens is 4. The summed E-state index contributed by atoms with van der Waals surface area (Å²) in [6, 6.07) is 1.35. The Morgan fingerprint density at radius 3 is 2.56 bits per heavy atom. The van der Waals surface area contributed by atoms with Crippen LogP contribution in [0.1, 0.15) is 38.2 Å². The van der Waals surface area contributed by atoms with Crippen molar-refractivity contribution < 1.29 is 36.7 Å². The number of rotatable bonds is 5. The maximum atomic E-state index is 14.4. The van der Waals surface area contributed by atoms with Gasteiger partial charge in [-0.05, 0) is 32.3 Å². The number of piperidine rings is 1. The van der Waals surface area contributed by atoms with Crippen molar-refractivity contribution in [2.24, 2.45) is 5.41 Å². The van der Waals surface area contributed by atoms with Crippen LogP contribution in [0.3, 0.4) is 0 Å². The minimum absolute atomic E-state index is 0.0000602. The molecule has 3 atom stereocenters. The lowest BCUT2D eigenvalue weighted by Crippen LogP contribution is -2.62. The molecule has 3 aliphatic rings. The molecule has 2 unspecified atom stereocenters. The van der Waals surface area contributed by atoms with Crippen molar-refractivity contribution >= 4 is 18.0 Å². The molecule has 2 heterocycles. The average Bonchev–Trinajstić information content (AvgIpc) is 3.57. The van der Waals surface area contributed by atoms with Crippen LogP contribution in [0.4, 0.5) is 27.2 Å². The molecule has 3 fully saturated rings. The highest BCUT2D eigenvalue weighted by atomic mass is 19.4. The largest absolute Gasteiger partial charge is 0.573 e. The smallest absolute Gasteiger partial charge is 0.406 e. The van der Waals surface area contributed by atoms with Gasteiger partial charge in [-0.1, -0.05) is 6.07 Å². The molecule has 9 nitrogen and oxygen atoms in total. The number of nitrogens with zero attached hydrogens (tertiary/aromatic N) is 2. The van der Waals surface area contributed by atoms with Crippen LogP contribution in [0.5, 0.6) is 5.75 Å². The Kier molecular flexibility index (Phi) is 6.93. The Labute approximate surface area is 205 Å². The van der Waals surface area contributed by atoms with Gasteiger partial charge < -0.3 is 30.5 Å². The quantitative estimate of drug-likeness (QED) is 0.525. The molecule has 0 radical (unpaired) electrons. The number of carbonyl (C=O) groups is 3. The second-order valence-electron chi connectivity index (χ2n) is 9.72. The Morgan fingerprint density at radius 2 is 2.00 bits per heavy atom. The third kappa shape index (κ3) is 5.59. The summed E-state index contributed by atoms with van der Waals surface area (Å²) in [7, 11) is 1.52. The van der Waals surface area contributed by atoms with Gasteiger partial charge in [-0.2, -0.15) is 0 Å². The Balaban J connectivity index is 1.49. The Morgan fingerprint density at radius 1 is 1.28 bits per heavy atom. The van der Waals surface area contributed by atoms with E-state index in [1.54, 1.807) is 9.80 Å². The second-order valence-corrected chi connectivity index (χ2v) is 9.72. The monoisotopic (exact) mass is 515 g/mol. The molecular weight excluding hydrogens is 486 g/mol. The fourth-order valence-electron chi connectivity index (χ4n) is 5.27. The third-order valence-corrected chi connectivity index (χ3v) is 7.15. The van der Waals surface area contributed by atoms with Gasteiger partial charge in [0.15, 0.2) is 0 Å². The van der Waals surface area contributed by atoms with Crippen molar-refractivity contribution in [3.05, 3.63) is 29.6 Å². The van der Waals surface area contributed by atoms with Crippen LogP contribution in [-0.2, 0) is 11.3 Å². The van der Waals surface area contributed by atoms with Crippen molar-refractivity contribution in [2.75, 3.05) is 20.1 Å². The summed E-state index contributed by atoms with van der Waals surface area (Å²) in [6.07, 6.45) is -2.62. The van der Waals surface area contributed by atoms with Crippen molar-refractivity contribution in [2.45, 2.75) is 63.6 Å². The lowest BCUT2D eigenvalue weighted by molar-refractivity contribution is -0.274. The normalized spacial score (nSPS) is 25.9. The van der Waals surface area contributed by atoms with E-state index in [1.807, 2.05) is 6.92 Å². The van der Waals surface area contributed by atoms with E-state index in [0.717, 1.165) is 25.0 Å². The van der Waals surface area contributed by atoms with Gasteiger partial charge in [0, 0.05) is 62.2 Å². The summed E-state index contributed by atoms with van der Waals surface area (Å²) in [5, 5.41) is 8.20. The molecular formula is C23H29F4N5O4. The molecule has 36 heavy (non-hydrogen) atoms. The highest BCUT2D eigenvalue weighted by Gasteiger charge is 2.53. The van der Waals surface area contributed by atoms with Gasteiger partial charge in [0.1, 0.15) is 11.6 Å². The zero-order valence-corrected chi connectivity index (χ0v) is 20.0. The summed E-state index contributed by atoms with van der Waals surface area (Å²) in [5.74, 6) is -1.73. The van der Waals surface area contributed by atoms with Crippen molar-refractivity contribution in [3.8, 4) is 5.75 Å². The summed E-state index contributed by atoms with van der Waals surface area (Å²) in [5.41, 5.74) is -0.527. The van der Waals surface area contributed by atoms with Gasteiger partial charge in [-0.25, -0.2) is 14.0 Å². The number of ether oxygens (including phenoxy) is 1. The number of likely N-dealkylation sites (tertiary alicyclic amines) is 1. The molecule has 2 saturated heterocycles. The molecule has 4 rings (SSSR count). The van der Waals surface area contributed by atoms with Gasteiger partial charge in [0.25, 0.3) is 0 Å². The first-order valence-electron chi connectivity index (χ1n) is 11.8. The maximum absolute atomic E-state index is 14.4. The molecule has 1 saturated carbocycles.